The van der Waals surface area contributed by atoms with Gasteiger partial charge in [0.15, 0.2) is 17.4 Å². The molecular weight excluding hydrogens is 470 g/mol. The number of hydrogen-bond acceptors (Lipinski definition) is 5. The molecule has 0 aliphatic heterocycles. The molecule has 0 aliphatic carbocycles. The molecule has 2 N–H and O–H groups in total. The Hall–Kier alpha value is -4.53. The van der Waals surface area contributed by atoms with Gasteiger partial charge < -0.3 is 14.4 Å². The maximum atomic E-state index is 13.8. The van der Waals surface area contributed by atoms with Gasteiger partial charge in [0.05, 0.1) is 13.0 Å². The lowest BCUT2D eigenvalue weighted by molar-refractivity contribution is -0.136. The lowest BCUT2D eigenvalue weighted by Gasteiger charge is -2.09. The van der Waals surface area contributed by atoms with E-state index in [0.717, 1.165) is 17.2 Å². The summed E-state index contributed by atoms with van der Waals surface area (Å²) in [6, 6.07) is 18.4. The number of rotatable bonds is 8. The third-order valence-corrected chi connectivity index (χ3v) is 5.52. The van der Waals surface area contributed by atoms with Gasteiger partial charge in [-0.2, -0.15) is 0 Å². The van der Waals surface area contributed by atoms with Gasteiger partial charge in [-0.05, 0) is 35.2 Å². The Bertz CT molecular complexity index is 1380. The number of benzene rings is 3. The van der Waals surface area contributed by atoms with Crippen molar-refractivity contribution in [3.63, 3.8) is 0 Å². The zero-order valence-electron chi connectivity index (χ0n) is 19.3. The van der Waals surface area contributed by atoms with Crippen LogP contribution in [0.4, 0.5) is 19.3 Å². The number of carbonyl (C=O) groups excluding carboxylic acids is 1. The molecule has 0 aliphatic rings. The van der Waals surface area contributed by atoms with E-state index in [1.54, 1.807) is 19.1 Å². The van der Waals surface area contributed by atoms with Gasteiger partial charge in [-0.25, -0.2) is 13.6 Å². The Balaban J connectivity index is 1.41. The molecule has 0 saturated heterocycles. The molecule has 184 valence electrons. The van der Waals surface area contributed by atoms with Crippen molar-refractivity contribution >= 4 is 17.7 Å². The zero-order valence-corrected chi connectivity index (χ0v) is 19.3. The van der Waals surface area contributed by atoms with Crippen LogP contribution in [-0.4, -0.2) is 28.9 Å². The van der Waals surface area contributed by atoms with Crippen LogP contribution in [0.25, 0.3) is 22.5 Å². The number of nitrogens with one attached hydrogen (secondary N) is 1. The molecule has 0 atom stereocenters. The summed E-state index contributed by atoms with van der Waals surface area (Å²) < 4.78 is 37.6. The molecule has 9 heteroatoms. The average molecular weight is 492 g/mol. The first-order valence-electron chi connectivity index (χ1n) is 11.1. The molecule has 0 unspecified atom stereocenters. The highest BCUT2D eigenvalue weighted by atomic mass is 19.2. The molecule has 0 spiro atoms. The minimum absolute atomic E-state index is 0.0191. The monoisotopic (exact) mass is 492 g/mol. The third kappa shape index (κ3) is 5.75. The summed E-state index contributed by atoms with van der Waals surface area (Å²) in [6.45, 7) is 1.52. The number of anilines is 1. The molecule has 4 rings (SSSR count). The molecule has 36 heavy (non-hydrogen) atoms. The van der Waals surface area contributed by atoms with Crippen LogP contribution in [0.2, 0.25) is 0 Å². The van der Waals surface area contributed by atoms with Crippen LogP contribution < -0.4 is 5.32 Å². The summed E-state index contributed by atoms with van der Waals surface area (Å²) in [7, 11) is 0. The van der Waals surface area contributed by atoms with E-state index >= 15 is 0 Å². The predicted molar refractivity (Wildman–Crippen MR) is 128 cm³/mol. The number of carboxylic acids is 1. The number of ether oxygens (including phenoxy) is 1. The lowest BCUT2D eigenvalue weighted by atomic mass is 10.0. The van der Waals surface area contributed by atoms with Gasteiger partial charge in [0.1, 0.15) is 11.4 Å². The summed E-state index contributed by atoms with van der Waals surface area (Å²) in [5.41, 5.74) is 4.10. The van der Waals surface area contributed by atoms with Gasteiger partial charge in [-0.1, -0.05) is 65.8 Å². The van der Waals surface area contributed by atoms with E-state index in [-0.39, 0.29) is 25.0 Å². The molecule has 4 aromatic rings. The maximum Gasteiger partial charge on any atom is 0.411 e. The Morgan fingerprint density at radius 2 is 1.61 bits per heavy atom. The Morgan fingerprint density at radius 1 is 0.972 bits per heavy atom. The molecular formula is C27H22F2N2O5. The summed E-state index contributed by atoms with van der Waals surface area (Å²) in [5.74, 6) is -2.46. The molecule has 1 amide bonds. The SMILES string of the molecule is Cc1noc(-c2ccc(-c3ccc(CC(=O)O)cc3)cc2)c1NC(=O)OCCc1cccc(F)c1F. The number of aromatic nitrogens is 1. The quantitative estimate of drug-likeness (QED) is 0.312. The van der Waals surface area contributed by atoms with Crippen LogP contribution in [-0.2, 0) is 22.4 Å². The summed E-state index contributed by atoms with van der Waals surface area (Å²) in [5, 5.41) is 15.4. The first-order chi connectivity index (χ1) is 17.3. The first kappa shape index (κ1) is 24.6. The van der Waals surface area contributed by atoms with Crippen LogP contribution in [0.15, 0.2) is 71.3 Å². The second-order valence-corrected chi connectivity index (χ2v) is 8.04. The van der Waals surface area contributed by atoms with Gasteiger partial charge in [-0.15, -0.1) is 0 Å². The van der Waals surface area contributed by atoms with E-state index in [9.17, 15) is 18.4 Å². The van der Waals surface area contributed by atoms with E-state index in [0.29, 0.717) is 28.3 Å². The number of carboxylic acid groups (broad SMARTS) is 1. The van der Waals surface area contributed by atoms with Gasteiger partial charge in [-0.3, -0.25) is 10.1 Å². The number of nitrogens with zero attached hydrogens (tertiary/aromatic N) is 1. The van der Waals surface area contributed by atoms with Crippen LogP contribution in [0.3, 0.4) is 0 Å². The van der Waals surface area contributed by atoms with E-state index in [1.165, 1.54) is 12.1 Å². The van der Waals surface area contributed by atoms with Crippen molar-refractivity contribution in [1.29, 1.82) is 0 Å². The molecule has 1 aromatic heterocycles. The van der Waals surface area contributed by atoms with E-state index in [4.69, 9.17) is 14.4 Å². The molecule has 0 bridgehead atoms. The van der Waals surface area contributed by atoms with Crippen molar-refractivity contribution in [2.75, 3.05) is 11.9 Å². The van der Waals surface area contributed by atoms with Crippen LogP contribution in [0.1, 0.15) is 16.8 Å². The van der Waals surface area contributed by atoms with E-state index < -0.39 is 23.7 Å². The number of aliphatic carboxylic acids is 1. The van der Waals surface area contributed by atoms with Crippen LogP contribution in [0, 0.1) is 18.6 Å². The number of halogens is 2. The topological polar surface area (TPSA) is 102 Å². The summed E-state index contributed by atoms with van der Waals surface area (Å²) >= 11 is 0. The van der Waals surface area contributed by atoms with Crippen molar-refractivity contribution in [1.82, 2.24) is 5.16 Å². The van der Waals surface area contributed by atoms with Crippen molar-refractivity contribution in [2.45, 2.75) is 19.8 Å². The first-order valence-corrected chi connectivity index (χ1v) is 11.1. The standard InChI is InChI=1S/C27H22F2N2O5/c1-16-25(30-27(34)35-14-13-20-3-2-4-22(28)24(20)29)26(36-31-16)21-11-9-19(10-12-21)18-7-5-17(6-8-18)15-23(32)33/h2-12H,13-15H2,1H3,(H,30,34)(H,32,33). The largest absolute Gasteiger partial charge is 0.481 e. The zero-order chi connectivity index (χ0) is 25.7. The molecule has 0 radical (unpaired) electrons. The summed E-state index contributed by atoms with van der Waals surface area (Å²) in [4.78, 5) is 23.2. The van der Waals surface area contributed by atoms with Crippen molar-refractivity contribution in [3.8, 4) is 22.5 Å². The Morgan fingerprint density at radius 3 is 2.28 bits per heavy atom. The van der Waals surface area contributed by atoms with Crippen LogP contribution in [0.5, 0.6) is 0 Å². The fourth-order valence-corrected chi connectivity index (χ4v) is 3.65. The normalized spacial score (nSPS) is 10.8. The van der Waals surface area contributed by atoms with Crippen molar-refractivity contribution in [3.05, 3.63) is 95.2 Å². The second kappa shape index (κ2) is 10.8. The molecule has 3 aromatic carbocycles. The van der Waals surface area contributed by atoms with Crippen molar-refractivity contribution < 1.29 is 32.7 Å². The number of amides is 1. The number of aryl methyl sites for hydroxylation is 1. The van der Waals surface area contributed by atoms with Gasteiger partial charge in [0.25, 0.3) is 0 Å². The second-order valence-electron chi connectivity index (χ2n) is 8.04. The predicted octanol–water partition coefficient (Wildman–Crippen LogP) is 6.01. The van der Waals surface area contributed by atoms with Crippen LogP contribution >= 0.6 is 0 Å². The van der Waals surface area contributed by atoms with Gasteiger partial charge >= 0.3 is 12.1 Å². The lowest BCUT2D eigenvalue weighted by Crippen LogP contribution is -2.16. The fraction of sp³-hybridized carbons (Fsp3) is 0.148. The maximum absolute atomic E-state index is 13.8. The highest BCUT2D eigenvalue weighted by Crippen LogP contribution is 2.32. The minimum Gasteiger partial charge on any atom is -0.481 e. The fourth-order valence-electron chi connectivity index (χ4n) is 3.65. The summed E-state index contributed by atoms with van der Waals surface area (Å²) in [6.07, 6.45) is -0.799. The number of hydrogen-bond donors (Lipinski definition) is 2. The highest BCUT2D eigenvalue weighted by Gasteiger charge is 2.18. The Labute approximate surface area is 205 Å². The molecule has 0 fully saturated rings. The highest BCUT2D eigenvalue weighted by molar-refractivity contribution is 5.91. The third-order valence-electron chi connectivity index (χ3n) is 5.52. The van der Waals surface area contributed by atoms with Gasteiger partial charge in [0.2, 0.25) is 0 Å². The van der Waals surface area contributed by atoms with Gasteiger partial charge in [0, 0.05) is 12.0 Å². The molecule has 0 saturated carbocycles. The molecule has 7 nitrogen and oxygen atoms in total. The van der Waals surface area contributed by atoms with Crippen molar-refractivity contribution in [2.24, 2.45) is 0 Å². The molecule has 1 heterocycles. The average Bonchev–Trinajstić information content (AvgIpc) is 3.22. The van der Waals surface area contributed by atoms with E-state index in [1.807, 2.05) is 36.4 Å². The van der Waals surface area contributed by atoms with E-state index in [2.05, 4.69) is 10.5 Å². The number of carbonyl (C=O) groups is 2. The Kier molecular flexibility index (Phi) is 7.39. The minimum atomic E-state index is -0.960. The smallest absolute Gasteiger partial charge is 0.411 e.